The van der Waals surface area contributed by atoms with Crippen molar-refractivity contribution in [3.8, 4) is 0 Å². The lowest BCUT2D eigenvalue weighted by Gasteiger charge is -2.04. The number of rotatable bonds is 5. The Kier molecular flexibility index (Phi) is 8.39. The summed E-state index contributed by atoms with van der Waals surface area (Å²) in [4.78, 5) is 23.4. The molecule has 0 fully saturated rings. The maximum Gasteiger partial charge on any atom is 0.338 e. The first-order valence-corrected chi connectivity index (χ1v) is 6.08. The maximum absolute atomic E-state index is 11.8. The zero-order valence-corrected chi connectivity index (χ0v) is 10.4. The molecule has 0 heterocycles. The Hall–Kier alpha value is -2.42. The fourth-order valence-electron chi connectivity index (χ4n) is 1.66. The molecule has 0 aromatic heterocycles. The van der Waals surface area contributed by atoms with Crippen molar-refractivity contribution in [2.24, 2.45) is 0 Å². The van der Waals surface area contributed by atoms with E-state index in [4.69, 9.17) is 4.74 Å². The van der Waals surface area contributed by atoms with Crippen LogP contribution in [0.4, 0.5) is 0 Å². The van der Waals surface area contributed by atoms with Crippen LogP contribution in [0, 0.1) is 0 Å². The van der Waals surface area contributed by atoms with E-state index in [1.54, 1.807) is 36.4 Å². The number of carbonyl (C=O) groups is 2. The van der Waals surface area contributed by atoms with Crippen LogP contribution in [0.2, 0.25) is 0 Å². The minimum absolute atomic E-state index is 0. The van der Waals surface area contributed by atoms with Gasteiger partial charge in [-0.25, -0.2) is 4.79 Å². The van der Waals surface area contributed by atoms with Gasteiger partial charge in [0.15, 0.2) is 5.78 Å². The number of Topliss-reactive ketones (excluding diaryl/α,β-unsaturated/α-hetero) is 1. The first-order valence-electron chi connectivity index (χ1n) is 6.08. The first-order chi connectivity index (χ1) is 9.27. The quantitative estimate of drug-likeness (QED) is 0.605. The number of hydrogen-bond acceptors (Lipinski definition) is 3. The molecule has 0 spiro atoms. The molecule has 0 amide bonds. The van der Waals surface area contributed by atoms with Crippen molar-refractivity contribution in [2.75, 3.05) is 6.61 Å². The summed E-state index contributed by atoms with van der Waals surface area (Å²) in [6.07, 6.45) is 0.197. The molecule has 2 rings (SSSR count). The third-order valence-corrected chi connectivity index (χ3v) is 2.67. The lowest BCUT2D eigenvalue weighted by atomic mass is 10.1. The number of ether oxygens (including phenoxy) is 1. The monoisotopic (exact) mass is 286 g/mol. The SMILES string of the molecule is C.C.O=C(CCOC(=O)c1ccccc1)c1ccccc1. The van der Waals surface area contributed by atoms with Gasteiger partial charge < -0.3 is 4.74 Å². The van der Waals surface area contributed by atoms with Crippen molar-refractivity contribution >= 4 is 11.8 Å². The van der Waals surface area contributed by atoms with Crippen molar-refractivity contribution in [1.29, 1.82) is 0 Å². The fraction of sp³-hybridized carbons (Fsp3) is 0.222. The molecule has 0 aliphatic carbocycles. The molecule has 21 heavy (non-hydrogen) atoms. The van der Waals surface area contributed by atoms with Crippen LogP contribution in [0.15, 0.2) is 60.7 Å². The van der Waals surface area contributed by atoms with Crippen molar-refractivity contribution in [3.05, 3.63) is 71.8 Å². The molecule has 0 saturated carbocycles. The van der Waals surface area contributed by atoms with E-state index in [-0.39, 0.29) is 33.7 Å². The molecule has 2 aromatic carbocycles. The van der Waals surface area contributed by atoms with Gasteiger partial charge in [0.05, 0.1) is 12.2 Å². The molecule has 3 nitrogen and oxygen atoms in total. The van der Waals surface area contributed by atoms with Gasteiger partial charge in [0.2, 0.25) is 0 Å². The zero-order valence-electron chi connectivity index (χ0n) is 10.4. The van der Waals surface area contributed by atoms with E-state index in [1.165, 1.54) is 0 Å². The van der Waals surface area contributed by atoms with Gasteiger partial charge in [-0.1, -0.05) is 63.4 Å². The van der Waals surface area contributed by atoms with E-state index in [2.05, 4.69) is 0 Å². The second kappa shape index (κ2) is 9.48. The second-order valence-corrected chi connectivity index (χ2v) is 4.04. The average molecular weight is 286 g/mol. The smallest absolute Gasteiger partial charge is 0.338 e. The van der Waals surface area contributed by atoms with Crippen LogP contribution >= 0.6 is 0 Å². The van der Waals surface area contributed by atoms with Gasteiger partial charge in [-0.3, -0.25) is 4.79 Å². The number of benzene rings is 2. The summed E-state index contributed by atoms with van der Waals surface area (Å²) in [5, 5.41) is 0. The molecular weight excluding hydrogens is 264 g/mol. The van der Waals surface area contributed by atoms with Gasteiger partial charge in [0, 0.05) is 12.0 Å². The summed E-state index contributed by atoms with van der Waals surface area (Å²) >= 11 is 0. The highest BCUT2D eigenvalue weighted by Gasteiger charge is 2.09. The normalized spacial score (nSPS) is 8.95. The molecule has 0 saturated heterocycles. The van der Waals surface area contributed by atoms with Gasteiger partial charge in [-0.05, 0) is 12.1 Å². The topological polar surface area (TPSA) is 43.4 Å². The third-order valence-electron chi connectivity index (χ3n) is 2.67. The van der Waals surface area contributed by atoms with Crippen molar-refractivity contribution in [2.45, 2.75) is 21.3 Å². The summed E-state index contributed by atoms with van der Waals surface area (Å²) in [7, 11) is 0. The van der Waals surface area contributed by atoms with Crippen molar-refractivity contribution in [1.82, 2.24) is 0 Å². The Morgan fingerprint density at radius 3 is 1.76 bits per heavy atom. The van der Waals surface area contributed by atoms with E-state index < -0.39 is 5.97 Å². The molecular formula is C18H22O3. The highest BCUT2D eigenvalue weighted by atomic mass is 16.5. The van der Waals surface area contributed by atoms with E-state index in [0.29, 0.717) is 11.1 Å². The summed E-state index contributed by atoms with van der Waals surface area (Å²) in [5.74, 6) is -0.428. The van der Waals surface area contributed by atoms with Crippen LogP contribution in [-0.4, -0.2) is 18.4 Å². The zero-order chi connectivity index (χ0) is 13.5. The van der Waals surface area contributed by atoms with Gasteiger partial charge >= 0.3 is 5.97 Å². The number of ketones is 1. The number of esters is 1. The summed E-state index contributed by atoms with van der Waals surface area (Å²) < 4.78 is 5.06. The predicted molar refractivity (Wildman–Crippen MR) is 85.6 cm³/mol. The van der Waals surface area contributed by atoms with Crippen LogP contribution in [-0.2, 0) is 4.74 Å². The molecule has 0 bridgehead atoms. The van der Waals surface area contributed by atoms with E-state index in [1.807, 2.05) is 24.3 Å². The molecule has 112 valence electrons. The molecule has 0 atom stereocenters. The summed E-state index contributed by atoms with van der Waals surface area (Å²) in [6.45, 7) is 0.0987. The van der Waals surface area contributed by atoms with E-state index in [9.17, 15) is 9.59 Å². The Morgan fingerprint density at radius 1 is 0.762 bits per heavy atom. The van der Waals surface area contributed by atoms with Crippen molar-refractivity contribution < 1.29 is 14.3 Å². The lowest BCUT2D eigenvalue weighted by Crippen LogP contribution is -2.10. The first kappa shape index (κ1) is 18.6. The number of carbonyl (C=O) groups excluding carboxylic acids is 2. The Bertz CT molecular complexity index is 496. The highest BCUT2D eigenvalue weighted by Crippen LogP contribution is 2.05. The third kappa shape index (κ3) is 5.61. The summed E-state index contributed by atoms with van der Waals surface area (Å²) in [6, 6.07) is 17.7. The Morgan fingerprint density at radius 2 is 1.24 bits per heavy atom. The van der Waals surface area contributed by atoms with E-state index in [0.717, 1.165) is 0 Å². The van der Waals surface area contributed by atoms with Crippen molar-refractivity contribution in [3.63, 3.8) is 0 Å². The van der Waals surface area contributed by atoms with Crippen LogP contribution in [0.1, 0.15) is 42.0 Å². The molecule has 0 aliphatic rings. The van der Waals surface area contributed by atoms with E-state index >= 15 is 0 Å². The minimum Gasteiger partial charge on any atom is -0.462 e. The van der Waals surface area contributed by atoms with Crippen LogP contribution in [0.25, 0.3) is 0 Å². The van der Waals surface area contributed by atoms with Gasteiger partial charge in [-0.15, -0.1) is 0 Å². The maximum atomic E-state index is 11.8. The molecule has 0 aliphatic heterocycles. The lowest BCUT2D eigenvalue weighted by molar-refractivity contribution is 0.0496. The average Bonchev–Trinajstić information content (AvgIpc) is 2.49. The standard InChI is InChI=1S/C16H14O3.2CH4/c17-15(13-7-3-1-4-8-13)11-12-19-16(18)14-9-5-2-6-10-14;;/h1-10H,11-12H2;2*1H4. The Balaban J connectivity index is 0.00000200. The Labute approximate surface area is 126 Å². The molecule has 3 heteroatoms. The highest BCUT2D eigenvalue weighted by molar-refractivity contribution is 5.96. The second-order valence-electron chi connectivity index (χ2n) is 4.04. The van der Waals surface area contributed by atoms with Gasteiger partial charge in [0.25, 0.3) is 0 Å². The molecule has 0 radical (unpaired) electrons. The van der Waals surface area contributed by atoms with Crippen LogP contribution in [0.5, 0.6) is 0 Å². The van der Waals surface area contributed by atoms with Gasteiger partial charge in [-0.2, -0.15) is 0 Å². The summed E-state index contributed by atoms with van der Waals surface area (Å²) in [5.41, 5.74) is 1.13. The molecule has 0 unspecified atom stereocenters. The largest absolute Gasteiger partial charge is 0.462 e. The molecule has 2 aromatic rings. The van der Waals surface area contributed by atoms with Crippen LogP contribution < -0.4 is 0 Å². The predicted octanol–water partition coefficient (Wildman–Crippen LogP) is 4.39. The van der Waals surface area contributed by atoms with Gasteiger partial charge in [0.1, 0.15) is 0 Å². The number of hydrogen-bond donors (Lipinski definition) is 0. The molecule has 0 N–H and O–H groups in total. The van der Waals surface area contributed by atoms with Crippen LogP contribution in [0.3, 0.4) is 0 Å². The fourth-order valence-corrected chi connectivity index (χ4v) is 1.66. The minimum atomic E-state index is -0.401.